The molecule has 0 radical (unpaired) electrons. The molecule has 0 unspecified atom stereocenters. The molecule has 0 aliphatic carbocycles. The Balaban J connectivity index is 1.98. The number of carbonyl (C=O) groups is 1. The minimum Gasteiger partial charge on any atom is -0.490 e. The van der Waals surface area contributed by atoms with Gasteiger partial charge in [0.15, 0.2) is 0 Å². The third kappa shape index (κ3) is 6.02. The number of sulfonamides is 1. The standard InChI is InChI=1S/C18H20Cl2N2O4S/c1-13(22(27(2,24)25)15-9-7-14(19)8-10-15)18(23)21-11-12-26-17-6-4-3-5-16(17)20/h3-10,13H,11-12H2,1-2H3,(H,21,23)/t13-/m0/s1. The lowest BCUT2D eigenvalue weighted by Crippen LogP contribution is -2.48. The number of benzene rings is 2. The zero-order chi connectivity index (χ0) is 20.0. The van der Waals surface area contributed by atoms with Crippen molar-refractivity contribution in [1.29, 1.82) is 0 Å². The van der Waals surface area contributed by atoms with Gasteiger partial charge in [-0.2, -0.15) is 0 Å². The molecular formula is C18H20Cl2N2O4S. The van der Waals surface area contributed by atoms with Crippen LogP contribution in [-0.4, -0.2) is 39.8 Å². The maximum atomic E-state index is 12.4. The molecule has 0 fully saturated rings. The van der Waals surface area contributed by atoms with E-state index in [9.17, 15) is 13.2 Å². The molecule has 146 valence electrons. The van der Waals surface area contributed by atoms with Gasteiger partial charge in [-0.1, -0.05) is 35.3 Å². The van der Waals surface area contributed by atoms with Crippen LogP contribution in [0.5, 0.6) is 5.75 Å². The number of rotatable bonds is 8. The Morgan fingerprint density at radius 2 is 1.78 bits per heavy atom. The van der Waals surface area contributed by atoms with E-state index in [1.54, 1.807) is 48.5 Å². The molecule has 0 aromatic heterocycles. The van der Waals surface area contributed by atoms with E-state index < -0.39 is 22.0 Å². The first-order chi connectivity index (χ1) is 12.7. The van der Waals surface area contributed by atoms with Crippen molar-refractivity contribution in [2.75, 3.05) is 23.7 Å². The van der Waals surface area contributed by atoms with Crippen LogP contribution in [0.15, 0.2) is 48.5 Å². The van der Waals surface area contributed by atoms with Crippen molar-refractivity contribution in [3.63, 3.8) is 0 Å². The summed E-state index contributed by atoms with van der Waals surface area (Å²) in [4.78, 5) is 12.4. The molecule has 0 saturated carbocycles. The van der Waals surface area contributed by atoms with Gasteiger partial charge in [0.1, 0.15) is 18.4 Å². The van der Waals surface area contributed by atoms with Crippen LogP contribution in [0.3, 0.4) is 0 Å². The number of anilines is 1. The number of nitrogens with one attached hydrogen (secondary N) is 1. The molecule has 0 aliphatic rings. The van der Waals surface area contributed by atoms with E-state index in [0.29, 0.717) is 21.5 Å². The van der Waals surface area contributed by atoms with E-state index in [4.69, 9.17) is 27.9 Å². The zero-order valence-corrected chi connectivity index (χ0v) is 17.2. The lowest BCUT2D eigenvalue weighted by molar-refractivity contribution is -0.121. The highest BCUT2D eigenvalue weighted by Crippen LogP contribution is 2.24. The number of ether oxygens (including phenoxy) is 1. The lowest BCUT2D eigenvalue weighted by atomic mass is 10.2. The maximum Gasteiger partial charge on any atom is 0.243 e. The predicted octanol–water partition coefficient (Wildman–Crippen LogP) is 3.34. The first-order valence-corrected chi connectivity index (χ1v) is 10.7. The minimum absolute atomic E-state index is 0.196. The number of amides is 1. The average Bonchev–Trinajstić information content (AvgIpc) is 2.60. The van der Waals surface area contributed by atoms with Crippen molar-refractivity contribution in [3.05, 3.63) is 58.6 Å². The summed E-state index contributed by atoms with van der Waals surface area (Å²) < 4.78 is 30.9. The summed E-state index contributed by atoms with van der Waals surface area (Å²) in [5, 5.41) is 3.62. The fourth-order valence-electron chi connectivity index (χ4n) is 2.44. The molecule has 9 heteroatoms. The van der Waals surface area contributed by atoms with Crippen LogP contribution in [0.1, 0.15) is 6.92 Å². The van der Waals surface area contributed by atoms with Gasteiger partial charge < -0.3 is 10.1 Å². The van der Waals surface area contributed by atoms with Gasteiger partial charge in [0.2, 0.25) is 15.9 Å². The second kappa shape index (κ2) is 9.30. The van der Waals surface area contributed by atoms with Crippen LogP contribution >= 0.6 is 23.2 Å². The average molecular weight is 431 g/mol. The van der Waals surface area contributed by atoms with Gasteiger partial charge in [0.05, 0.1) is 23.5 Å². The van der Waals surface area contributed by atoms with Crippen molar-refractivity contribution in [2.24, 2.45) is 0 Å². The highest BCUT2D eigenvalue weighted by Gasteiger charge is 2.28. The largest absolute Gasteiger partial charge is 0.490 e. The highest BCUT2D eigenvalue weighted by atomic mass is 35.5. The Morgan fingerprint density at radius 1 is 1.15 bits per heavy atom. The first kappa shape index (κ1) is 21.3. The van der Waals surface area contributed by atoms with Crippen LogP contribution in [0.25, 0.3) is 0 Å². The topological polar surface area (TPSA) is 75.7 Å². The smallest absolute Gasteiger partial charge is 0.243 e. The molecule has 6 nitrogen and oxygen atoms in total. The van der Waals surface area contributed by atoms with Crippen molar-refractivity contribution >= 4 is 44.8 Å². The number of halogens is 2. The van der Waals surface area contributed by atoms with Crippen LogP contribution in [0, 0.1) is 0 Å². The Morgan fingerprint density at radius 3 is 2.37 bits per heavy atom. The van der Waals surface area contributed by atoms with Crippen LogP contribution in [0.4, 0.5) is 5.69 Å². The first-order valence-electron chi connectivity index (χ1n) is 8.10. The second-order valence-electron chi connectivity index (χ2n) is 5.78. The van der Waals surface area contributed by atoms with Crippen molar-refractivity contribution in [3.8, 4) is 5.75 Å². The molecule has 0 saturated heterocycles. The Labute approximate surface area is 169 Å². The van der Waals surface area contributed by atoms with Gasteiger partial charge >= 0.3 is 0 Å². The third-order valence-corrected chi connectivity index (χ3v) is 5.47. The van der Waals surface area contributed by atoms with E-state index in [0.717, 1.165) is 10.6 Å². The van der Waals surface area contributed by atoms with Crippen LogP contribution < -0.4 is 14.4 Å². The fraction of sp³-hybridized carbons (Fsp3) is 0.278. The van der Waals surface area contributed by atoms with E-state index in [1.165, 1.54) is 6.92 Å². The van der Waals surface area contributed by atoms with E-state index in [1.807, 2.05) is 0 Å². The molecular weight excluding hydrogens is 411 g/mol. The molecule has 1 amide bonds. The van der Waals surface area contributed by atoms with Gasteiger partial charge in [-0.15, -0.1) is 0 Å². The molecule has 2 rings (SSSR count). The summed E-state index contributed by atoms with van der Waals surface area (Å²) in [5.74, 6) is 0.0681. The predicted molar refractivity (Wildman–Crippen MR) is 108 cm³/mol. The zero-order valence-electron chi connectivity index (χ0n) is 14.9. The Kier molecular flexibility index (Phi) is 7.35. The van der Waals surface area contributed by atoms with E-state index >= 15 is 0 Å². The number of para-hydroxylation sites is 1. The van der Waals surface area contributed by atoms with E-state index in [2.05, 4.69) is 5.32 Å². The summed E-state index contributed by atoms with van der Waals surface area (Å²) in [5.41, 5.74) is 0.358. The minimum atomic E-state index is -3.67. The molecule has 1 N–H and O–H groups in total. The van der Waals surface area contributed by atoms with Gasteiger partial charge in [-0.05, 0) is 43.3 Å². The molecule has 0 aliphatic heterocycles. The molecule has 0 bridgehead atoms. The van der Waals surface area contributed by atoms with Gasteiger partial charge in [0, 0.05) is 5.02 Å². The number of hydrogen-bond donors (Lipinski definition) is 1. The van der Waals surface area contributed by atoms with Crippen molar-refractivity contribution in [1.82, 2.24) is 5.32 Å². The fourth-order valence-corrected chi connectivity index (χ4v) is 3.93. The Bertz CT molecular complexity index is 888. The van der Waals surface area contributed by atoms with Crippen LogP contribution in [0.2, 0.25) is 10.0 Å². The third-order valence-electron chi connectivity index (χ3n) is 3.67. The quantitative estimate of drug-likeness (QED) is 0.651. The van der Waals surface area contributed by atoms with Crippen LogP contribution in [-0.2, 0) is 14.8 Å². The summed E-state index contributed by atoms with van der Waals surface area (Å²) in [6, 6.07) is 12.3. The Hall–Kier alpha value is -1.96. The lowest BCUT2D eigenvalue weighted by Gasteiger charge is -2.28. The molecule has 2 aromatic rings. The van der Waals surface area contributed by atoms with Crippen molar-refractivity contribution in [2.45, 2.75) is 13.0 Å². The van der Waals surface area contributed by atoms with Gasteiger partial charge in [0.25, 0.3) is 0 Å². The molecule has 2 aromatic carbocycles. The second-order valence-corrected chi connectivity index (χ2v) is 8.48. The summed E-state index contributed by atoms with van der Waals surface area (Å²) >= 11 is 11.8. The number of hydrogen-bond acceptors (Lipinski definition) is 4. The number of nitrogens with zero attached hydrogens (tertiary/aromatic N) is 1. The van der Waals surface area contributed by atoms with E-state index in [-0.39, 0.29) is 13.2 Å². The van der Waals surface area contributed by atoms with Gasteiger partial charge in [-0.3, -0.25) is 9.10 Å². The molecule has 0 heterocycles. The summed E-state index contributed by atoms with van der Waals surface area (Å²) in [6.07, 6.45) is 1.05. The SMILES string of the molecule is C[C@@H](C(=O)NCCOc1ccccc1Cl)N(c1ccc(Cl)cc1)S(C)(=O)=O. The molecule has 0 spiro atoms. The molecule has 1 atom stereocenters. The van der Waals surface area contributed by atoms with Gasteiger partial charge in [-0.25, -0.2) is 8.42 Å². The maximum absolute atomic E-state index is 12.4. The van der Waals surface area contributed by atoms with Crippen molar-refractivity contribution < 1.29 is 17.9 Å². The highest BCUT2D eigenvalue weighted by molar-refractivity contribution is 7.92. The normalized spacial score (nSPS) is 12.3. The number of carbonyl (C=O) groups excluding carboxylic acids is 1. The molecule has 27 heavy (non-hydrogen) atoms. The summed E-state index contributed by atoms with van der Waals surface area (Å²) in [7, 11) is -3.67. The summed E-state index contributed by atoms with van der Waals surface area (Å²) in [6.45, 7) is 1.91. The monoisotopic (exact) mass is 430 g/mol.